The Bertz CT molecular complexity index is 957. The van der Waals surface area contributed by atoms with E-state index in [9.17, 15) is 27.6 Å². The molecule has 3 amide bonds. The number of benzene rings is 2. The first-order valence-electron chi connectivity index (χ1n) is 8.68. The fourth-order valence-electron chi connectivity index (χ4n) is 2.62. The Morgan fingerprint density at radius 2 is 1.59 bits per heavy atom. The zero-order chi connectivity index (χ0) is 21.9. The Morgan fingerprint density at radius 1 is 1.00 bits per heavy atom. The Morgan fingerprint density at radius 3 is 2.10 bits per heavy atom. The van der Waals surface area contributed by atoms with E-state index >= 15 is 0 Å². The molecular weight excluding hydrogens is 387 g/mol. The predicted molar refractivity (Wildman–Crippen MR) is 101 cm³/mol. The summed E-state index contributed by atoms with van der Waals surface area (Å²) < 4.78 is 41.7. The highest BCUT2D eigenvalue weighted by Gasteiger charge is 2.28. The maximum atomic E-state index is 14.0. The summed E-state index contributed by atoms with van der Waals surface area (Å²) in [5.41, 5.74) is 4.23. The first-order valence-corrected chi connectivity index (χ1v) is 8.68. The maximum absolute atomic E-state index is 14.0. The van der Waals surface area contributed by atoms with E-state index < -0.39 is 52.7 Å². The lowest BCUT2D eigenvalue weighted by atomic mass is 10.0. The minimum absolute atomic E-state index is 0.0132. The SMILES string of the molecule is Cc1c(F)cc(C(N)=O)cc1NC(=O)C(NC(=O)c1c(F)cccc1F)C(C)C. The lowest BCUT2D eigenvalue weighted by molar-refractivity contribution is -0.118. The summed E-state index contributed by atoms with van der Waals surface area (Å²) in [5.74, 6) is -6.12. The number of hydrogen-bond acceptors (Lipinski definition) is 3. The molecule has 29 heavy (non-hydrogen) atoms. The normalized spacial score (nSPS) is 11.8. The highest BCUT2D eigenvalue weighted by molar-refractivity contribution is 6.02. The first kappa shape index (κ1) is 21.9. The Kier molecular flexibility index (Phi) is 6.63. The van der Waals surface area contributed by atoms with Gasteiger partial charge in [0.05, 0.1) is 0 Å². The standard InChI is InChI=1S/C20H20F3N3O3/c1-9(2)17(26-19(28)16-12(21)5-4-6-13(16)22)20(29)25-15-8-11(18(24)27)7-14(23)10(15)3/h4-9,17H,1-3H3,(H2,24,27)(H,25,29)(H,26,28). The number of carbonyl (C=O) groups excluding carboxylic acids is 3. The maximum Gasteiger partial charge on any atom is 0.257 e. The van der Waals surface area contributed by atoms with Crippen LogP contribution in [0.3, 0.4) is 0 Å². The second-order valence-electron chi connectivity index (χ2n) is 6.78. The van der Waals surface area contributed by atoms with Crippen molar-refractivity contribution in [2.24, 2.45) is 11.7 Å². The van der Waals surface area contributed by atoms with Crippen LogP contribution in [0, 0.1) is 30.3 Å². The molecule has 0 aliphatic rings. The summed E-state index contributed by atoms with van der Waals surface area (Å²) in [6.45, 7) is 4.60. The molecule has 1 unspecified atom stereocenters. The number of nitrogens with two attached hydrogens (primary N) is 1. The molecule has 2 rings (SSSR count). The van der Waals surface area contributed by atoms with Gasteiger partial charge < -0.3 is 16.4 Å². The van der Waals surface area contributed by atoms with Gasteiger partial charge in [-0.2, -0.15) is 0 Å². The third-order valence-corrected chi connectivity index (χ3v) is 4.31. The lowest BCUT2D eigenvalue weighted by Gasteiger charge is -2.22. The number of rotatable bonds is 6. The molecule has 6 nitrogen and oxygen atoms in total. The average Bonchev–Trinajstić information content (AvgIpc) is 2.62. The van der Waals surface area contributed by atoms with Crippen molar-refractivity contribution < 1.29 is 27.6 Å². The van der Waals surface area contributed by atoms with Gasteiger partial charge in [-0.15, -0.1) is 0 Å². The molecule has 1 atom stereocenters. The van der Waals surface area contributed by atoms with E-state index in [-0.39, 0.29) is 16.8 Å². The lowest BCUT2D eigenvalue weighted by Crippen LogP contribution is -2.47. The summed E-state index contributed by atoms with van der Waals surface area (Å²) in [7, 11) is 0. The molecule has 0 fully saturated rings. The number of amides is 3. The van der Waals surface area contributed by atoms with E-state index in [1.165, 1.54) is 13.0 Å². The molecule has 0 spiro atoms. The number of halogens is 3. The number of carbonyl (C=O) groups is 3. The predicted octanol–water partition coefficient (Wildman–Crippen LogP) is 2.90. The number of nitrogens with one attached hydrogen (secondary N) is 2. The minimum Gasteiger partial charge on any atom is -0.366 e. The number of hydrogen-bond donors (Lipinski definition) is 3. The first-order chi connectivity index (χ1) is 13.5. The van der Waals surface area contributed by atoms with Crippen LogP contribution in [-0.2, 0) is 4.79 Å². The van der Waals surface area contributed by atoms with E-state index in [2.05, 4.69) is 10.6 Å². The van der Waals surface area contributed by atoms with Crippen LogP contribution in [0.5, 0.6) is 0 Å². The van der Waals surface area contributed by atoms with Gasteiger partial charge in [-0.05, 0) is 37.1 Å². The Labute approximate surface area is 165 Å². The van der Waals surface area contributed by atoms with Crippen molar-refractivity contribution in [3.05, 3.63) is 64.5 Å². The van der Waals surface area contributed by atoms with Gasteiger partial charge >= 0.3 is 0 Å². The zero-order valence-corrected chi connectivity index (χ0v) is 16.0. The van der Waals surface area contributed by atoms with Crippen molar-refractivity contribution in [3.8, 4) is 0 Å². The van der Waals surface area contributed by atoms with Gasteiger partial charge in [0.15, 0.2) is 0 Å². The number of anilines is 1. The van der Waals surface area contributed by atoms with Crippen LogP contribution >= 0.6 is 0 Å². The Balaban J connectivity index is 2.29. The van der Waals surface area contributed by atoms with Crippen LogP contribution in [0.15, 0.2) is 30.3 Å². The molecular formula is C20H20F3N3O3. The topological polar surface area (TPSA) is 101 Å². The summed E-state index contributed by atoms with van der Waals surface area (Å²) in [5, 5.41) is 4.71. The second-order valence-corrected chi connectivity index (χ2v) is 6.78. The van der Waals surface area contributed by atoms with Crippen molar-refractivity contribution in [1.29, 1.82) is 0 Å². The van der Waals surface area contributed by atoms with Crippen molar-refractivity contribution in [2.75, 3.05) is 5.32 Å². The van der Waals surface area contributed by atoms with Crippen molar-refractivity contribution in [2.45, 2.75) is 26.8 Å². The molecule has 0 saturated heterocycles. The quantitative estimate of drug-likeness (QED) is 0.686. The van der Waals surface area contributed by atoms with Gasteiger partial charge in [-0.1, -0.05) is 19.9 Å². The monoisotopic (exact) mass is 407 g/mol. The summed E-state index contributed by atoms with van der Waals surface area (Å²) in [4.78, 5) is 36.3. The van der Waals surface area contributed by atoms with Crippen molar-refractivity contribution >= 4 is 23.4 Å². The summed E-state index contributed by atoms with van der Waals surface area (Å²) in [6, 6.07) is 3.90. The van der Waals surface area contributed by atoms with Crippen LogP contribution in [0.1, 0.15) is 40.1 Å². The van der Waals surface area contributed by atoms with Gasteiger partial charge in [-0.25, -0.2) is 13.2 Å². The molecule has 0 bridgehead atoms. The fourth-order valence-corrected chi connectivity index (χ4v) is 2.62. The average molecular weight is 407 g/mol. The zero-order valence-electron chi connectivity index (χ0n) is 16.0. The minimum atomic E-state index is -1.19. The molecule has 0 aromatic heterocycles. The summed E-state index contributed by atoms with van der Waals surface area (Å²) in [6.07, 6.45) is 0. The molecule has 0 aliphatic carbocycles. The van der Waals surface area contributed by atoms with Crippen molar-refractivity contribution in [1.82, 2.24) is 5.32 Å². The summed E-state index contributed by atoms with van der Waals surface area (Å²) >= 11 is 0. The van der Waals surface area contributed by atoms with Crippen LogP contribution < -0.4 is 16.4 Å². The van der Waals surface area contributed by atoms with Gasteiger partial charge in [0.25, 0.3) is 5.91 Å². The highest BCUT2D eigenvalue weighted by atomic mass is 19.1. The van der Waals surface area contributed by atoms with E-state index in [1.54, 1.807) is 13.8 Å². The second kappa shape index (κ2) is 8.76. The molecule has 0 aliphatic heterocycles. The Hall–Kier alpha value is -3.36. The molecule has 0 heterocycles. The molecule has 0 radical (unpaired) electrons. The van der Waals surface area contributed by atoms with Gasteiger partial charge in [0, 0.05) is 16.8 Å². The van der Waals surface area contributed by atoms with E-state index in [1.807, 2.05) is 0 Å². The molecule has 0 saturated carbocycles. The van der Waals surface area contributed by atoms with E-state index in [4.69, 9.17) is 5.73 Å². The fraction of sp³-hybridized carbons (Fsp3) is 0.250. The third kappa shape index (κ3) is 4.92. The largest absolute Gasteiger partial charge is 0.366 e. The molecule has 9 heteroatoms. The number of primary amides is 1. The van der Waals surface area contributed by atoms with Gasteiger partial charge in [0.1, 0.15) is 29.1 Å². The molecule has 2 aromatic rings. The molecule has 154 valence electrons. The van der Waals surface area contributed by atoms with Gasteiger partial charge in [0.2, 0.25) is 11.8 Å². The van der Waals surface area contributed by atoms with Crippen LogP contribution in [0.2, 0.25) is 0 Å². The smallest absolute Gasteiger partial charge is 0.257 e. The van der Waals surface area contributed by atoms with Crippen LogP contribution in [-0.4, -0.2) is 23.8 Å². The third-order valence-electron chi connectivity index (χ3n) is 4.31. The molecule has 2 aromatic carbocycles. The van der Waals surface area contributed by atoms with Crippen LogP contribution in [0.4, 0.5) is 18.9 Å². The van der Waals surface area contributed by atoms with Gasteiger partial charge in [-0.3, -0.25) is 14.4 Å². The molecule has 4 N–H and O–H groups in total. The van der Waals surface area contributed by atoms with Crippen LogP contribution in [0.25, 0.3) is 0 Å². The highest BCUT2D eigenvalue weighted by Crippen LogP contribution is 2.22. The van der Waals surface area contributed by atoms with E-state index in [0.717, 1.165) is 24.3 Å². The van der Waals surface area contributed by atoms with E-state index in [0.29, 0.717) is 0 Å². The van der Waals surface area contributed by atoms with Crippen molar-refractivity contribution in [3.63, 3.8) is 0 Å².